The van der Waals surface area contributed by atoms with Crippen LogP contribution in [0.15, 0.2) is 53.6 Å². The average molecular weight is 408 g/mol. The van der Waals surface area contributed by atoms with Crippen LogP contribution in [0.4, 0.5) is 18.9 Å². The van der Waals surface area contributed by atoms with Gasteiger partial charge in [-0.2, -0.15) is 18.3 Å². The molecule has 2 aromatic rings. The van der Waals surface area contributed by atoms with Gasteiger partial charge in [-0.15, -0.1) is 0 Å². The lowest BCUT2D eigenvalue weighted by Crippen LogP contribution is -2.32. The van der Waals surface area contributed by atoms with Crippen LogP contribution in [-0.4, -0.2) is 30.5 Å². The van der Waals surface area contributed by atoms with E-state index in [2.05, 4.69) is 10.4 Å². The normalized spacial score (nSPS) is 11.1. The summed E-state index contributed by atoms with van der Waals surface area (Å²) >= 11 is 0. The molecule has 0 unspecified atom stereocenters. The summed E-state index contributed by atoms with van der Waals surface area (Å²) in [5.74, 6) is -2.53. The van der Waals surface area contributed by atoms with Gasteiger partial charge < -0.3 is 15.8 Å². The molecule has 0 radical (unpaired) electrons. The van der Waals surface area contributed by atoms with E-state index in [4.69, 9.17) is 10.5 Å². The van der Waals surface area contributed by atoms with Gasteiger partial charge in [0.05, 0.1) is 11.8 Å². The maximum Gasteiger partial charge on any atom is 0.416 e. The predicted molar refractivity (Wildman–Crippen MR) is 96.9 cm³/mol. The molecule has 11 heteroatoms. The largest absolute Gasteiger partial charge is 0.484 e. The second-order valence-corrected chi connectivity index (χ2v) is 5.56. The number of nitrogens with two attached hydrogens (primary N) is 1. The van der Waals surface area contributed by atoms with Crippen molar-refractivity contribution in [2.24, 2.45) is 10.8 Å². The third kappa shape index (κ3) is 6.97. The number of hydrazone groups is 1. The van der Waals surface area contributed by atoms with Crippen molar-refractivity contribution in [1.82, 2.24) is 5.43 Å². The van der Waals surface area contributed by atoms with Crippen molar-refractivity contribution in [3.63, 3.8) is 0 Å². The number of alkyl halides is 3. The van der Waals surface area contributed by atoms with E-state index in [1.165, 1.54) is 12.3 Å². The third-order valence-electron chi connectivity index (χ3n) is 3.30. The van der Waals surface area contributed by atoms with Gasteiger partial charge in [0.1, 0.15) is 5.75 Å². The summed E-state index contributed by atoms with van der Waals surface area (Å²) < 4.78 is 42.6. The van der Waals surface area contributed by atoms with Gasteiger partial charge >= 0.3 is 18.0 Å². The second kappa shape index (κ2) is 9.35. The highest BCUT2D eigenvalue weighted by Gasteiger charge is 2.30. The number of carbonyl (C=O) groups is 3. The Bertz CT molecular complexity index is 927. The molecule has 8 nitrogen and oxygen atoms in total. The number of nitrogens with zero attached hydrogens (tertiary/aromatic N) is 1. The summed E-state index contributed by atoms with van der Waals surface area (Å²) in [6.45, 7) is -0.304. The van der Waals surface area contributed by atoms with Crippen LogP contribution in [0, 0.1) is 0 Å². The first-order valence-corrected chi connectivity index (χ1v) is 7.98. The Balaban J connectivity index is 1.89. The molecule has 0 aromatic heterocycles. The number of nitrogens with one attached hydrogen (secondary N) is 2. The Morgan fingerprint density at radius 3 is 2.38 bits per heavy atom. The Labute approximate surface area is 162 Å². The molecule has 0 heterocycles. The lowest BCUT2D eigenvalue weighted by Gasteiger charge is -2.08. The van der Waals surface area contributed by atoms with Crippen LogP contribution in [-0.2, 0) is 20.6 Å². The average Bonchev–Trinajstić information content (AvgIpc) is 2.66. The van der Waals surface area contributed by atoms with Crippen LogP contribution >= 0.6 is 0 Å². The molecular weight excluding hydrogens is 393 g/mol. The van der Waals surface area contributed by atoms with Gasteiger partial charge in [0.15, 0.2) is 6.61 Å². The maximum absolute atomic E-state index is 12.5. The van der Waals surface area contributed by atoms with Crippen LogP contribution in [0.1, 0.15) is 11.1 Å². The van der Waals surface area contributed by atoms with E-state index in [1.54, 1.807) is 18.2 Å². The Morgan fingerprint density at radius 1 is 1.07 bits per heavy atom. The molecular formula is C18H15F3N4O4. The Morgan fingerprint density at radius 2 is 1.76 bits per heavy atom. The smallest absolute Gasteiger partial charge is 0.416 e. The molecule has 0 saturated heterocycles. The molecule has 0 atom stereocenters. The molecule has 0 spiro atoms. The van der Waals surface area contributed by atoms with Gasteiger partial charge in [-0.05, 0) is 42.0 Å². The summed E-state index contributed by atoms with van der Waals surface area (Å²) in [4.78, 5) is 34.2. The number of halogens is 3. The van der Waals surface area contributed by atoms with E-state index in [9.17, 15) is 27.6 Å². The molecule has 2 rings (SSSR count). The van der Waals surface area contributed by atoms with Gasteiger partial charge in [0.25, 0.3) is 5.91 Å². The molecule has 0 aliphatic rings. The van der Waals surface area contributed by atoms with Crippen molar-refractivity contribution >= 4 is 29.6 Å². The monoisotopic (exact) mass is 408 g/mol. The summed E-state index contributed by atoms with van der Waals surface area (Å²) in [6.07, 6.45) is -3.28. The zero-order valence-electron chi connectivity index (χ0n) is 14.7. The number of hydrogen-bond donors (Lipinski definition) is 3. The quantitative estimate of drug-likeness (QED) is 0.382. The summed E-state index contributed by atoms with van der Waals surface area (Å²) in [5.41, 5.74) is 6.58. The first kappa shape index (κ1) is 21.4. The fraction of sp³-hybridized carbons (Fsp3) is 0.111. The lowest BCUT2D eigenvalue weighted by atomic mass is 10.2. The van der Waals surface area contributed by atoms with E-state index in [0.717, 1.165) is 24.3 Å². The number of primary amides is 1. The number of anilines is 1. The molecule has 152 valence electrons. The molecule has 0 saturated carbocycles. The van der Waals surface area contributed by atoms with Gasteiger partial charge in [0.2, 0.25) is 0 Å². The zero-order valence-corrected chi connectivity index (χ0v) is 14.7. The minimum absolute atomic E-state index is 0.0152. The summed E-state index contributed by atoms with van der Waals surface area (Å²) in [6, 6.07) is 9.92. The number of ether oxygens (including phenoxy) is 1. The van der Waals surface area contributed by atoms with Gasteiger partial charge in [-0.1, -0.05) is 12.1 Å². The number of benzene rings is 2. The van der Waals surface area contributed by atoms with E-state index in [0.29, 0.717) is 11.3 Å². The lowest BCUT2D eigenvalue weighted by molar-refractivity contribution is -0.137. The highest BCUT2D eigenvalue weighted by molar-refractivity contribution is 6.39. The zero-order chi connectivity index (χ0) is 21.4. The minimum Gasteiger partial charge on any atom is -0.484 e. The molecule has 0 fully saturated rings. The first-order chi connectivity index (χ1) is 13.6. The van der Waals surface area contributed by atoms with Crippen molar-refractivity contribution in [2.45, 2.75) is 6.18 Å². The minimum atomic E-state index is -4.50. The Hall–Kier alpha value is -3.89. The molecule has 0 bridgehead atoms. The molecule has 0 aliphatic carbocycles. The number of amides is 3. The highest BCUT2D eigenvalue weighted by atomic mass is 19.4. The van der Waals surface area contributed by atoms with Crippen molar-refractivity contribution in [3.8, 4) is 5.75 Å². The van der Waals surface area contributed by atoms with Crippen LogP contribution < -0.4 is 21.2 Å². The van der Waals surface area contributed by atoms with Crippen molar-refractivity contribution in [1.29, 1.82) is 0 Å². The van der Waals surface area contributed by atoms with Gasteiger partial charge in [0, 0.05) is 5.69 Å². The van der Waals surface area contributed by atoms with Crippen molar-refractivity contribution < 1.29 is 32.3 Å². The predicted octanol–water partition coefficient (Wildman–Crippen LogP) is 1.66. The van der Waals surface area contributed by atoms with Crippen LogP contribution in [0.2, 0.25) is 0 Å². The topological polar surface area (TPSA) is 123 Å². The number of hydrogen-bond acceptors (Lipinski definition) is 5. The molecule has 4 N–H and O–H groups in total. The van der Waals surface area contributed by atoms with Crippen molar-refractivity contribution in [2.75, 3.05) is 11.9 Å². The fourth-order valence-electron chi connectivity index (χ4n) is 1.99. The van der Waals surface area contributed by atoms with Crippen LogP contribution in [0.5, 0.6) is 5.75 Å². The number of carbonyl (C=O) groups excluding carboxylic acids is 3. The Kier molecular flexibility index (Phi) is 6.90. The van der Waals surface area contributed by atoms with E-state index < -0.39 is 29.5 Å². The van der Waals surface area contributed by atoms with E-state index in [-0.39, 0.29) is 12.3 Å². The summed E-state index contributed by atoms with van der Waals surface area (Å²) in [7, 11) is 0. The van der Waals surface area contributed by atoms with Gasteiger partial charge in [-0.3, -0.25) is 14.4 Å². The van der Waals surface area contributed by atoms with Crippen LogP contribution in [0.25, 0.3) is 0 Å². The molecule has 0 aliphatic heterocycles. The van der Waals surface area contributed by atoms with E-state index >= 15 is 0 Å². The first-order valence-electron chi connectivity index (χ1n) is 7.98. The molecule has 3 amide bonds. The second-order valence-electron chi connectivity index (χ2n) is 5.56. The molecule has 29 heavy (non-hydrogen) atoms. The highest BCUT2D eigenvalue weighted by Crippen LogP contribution is 2.29. The van der Waals surface area contributed by atoms with Crippen LogP contribution in [0.3, 0.4) is 0 Å². The molecule has 2 aromatic carbocycles. The third-order valence-corrected chi connectivity index (χ3v) is 3.30. The maximum atomic E-state index is 12.5. The van der Waals surface area contributed by atoms with E-state index in [1.807, 2.05) is 5.43 Å². The SMILES string of the molecule is NC(=O)COc1cccc(C=NNC(=O)C(=O)Nc2ccc(C(F)(F)F)cc2)c1. The summed E-state index contributed by atoms with van der Waals surface area (Å²) in [5, 5.41) is 5.76. The van der Waals surface area contributed by atoms with Crippen molar-refractivity contribution in [3.05, 3.63) is 59.7 Å². The standard InChI is InChI=1S/C18H15F3N4O4/c19-18(20,21)12-4-6-13(7-5-12)24-16(27)17(28)25-23-9-11-2-1-3-14(8-11)29-10-15(22)26/h1-9H,10H2,(H2,22,26)(H,24,27)(H,25,28). The van der Waals surface area contributed by atoms with Gasteiger partial charge in [-0.25, -0.2) is 5.43 Å². The number of rotatable bonds is 6. The fourth-order valence-corrected chi connectivity index (χ4v) is 1.99.